The highest BCUT2D eigenvalue weighted by Gasteiger charge is 2.67. The van der Waals surface area contributed by atoms with Crippen LogP contribution in [0.15, 0.2) is 9.93 Å². The highest BCUT2D eigenvalue weighted by molar-refractivity contribution is 8.23. The van der Waals surface area contributed by atoms with E-state index in [0.29, 0.717) is 10.3 Å². The van der Waals surface area contributed by atoms with Crippen molar-refractivity contribution in [3.05, 3.63) is 9.93 Å². The fourth-order valence-electron chi connectivity index (χ4n) is 3.23. The van der Waals surface area contributed by atoms with Crippen LogP contribution < -0.4 is 4.80 Å². The summed E-state index contributed by atoms with van der Waals surface area (Å²) in [7, 11) is -1.52. The molecule has 0 unspecified atom stereocenters. The number of aliphatic carboxylic acids is 1. The summed E-state index contributed by atoms with van der Waals surface area (Å²) in [6, 6.07) is 1.36. The lowest BCUT2D eigenvalue weighted by atomic mass is 9.75. The summed E-state index contributed by atoms with van der Waals surface area (Å²) < 4.78 is 5.79. The standard InChI is InChI=1S/C15H17NO5S2Si/c1-4-21-8(2)15(3)13(19)16-10(11(17)18)12(23-14(15)16)22-9-5-6-24(20)7-9/h1,8-9,14H,5-7H2,2-3H3,(H,17,18)/q-1/t8-,9+,14-,15+/m1/s1. The fourth-order valence-corrected chi connectivity index (χ4v) is 9.00. The van der Waals surface area contributed by atoms with Crippen LogP contribution in [0.4, 0.5) is 0 Å². The maximum absolute atomic E-state index is 12.6. The average molecular weight is 384 g/mol. The van der Waals surface area contributed by atoms with Crippen LogP contribution in [-0.4, -0.2) is 47.7 Å². The van der Waals surface area contributed by atoms with Gasteiger partial charge in [-0.3, -0.25) is 9.69 Å². The van der Waals surface area contributed by atoms with E-state index in [1.54, 1.807) is 13.8 Å². The Kier molecular flexibility index (Phi) is 4.68. The minimum Gasteiger partial charge on any atom is -0.861 e. The molecule has 3 aliphatic rings. The molecule has 3 aliphatic heterocycles. The third-order valence-electron chi connectivity index (χ3n) is 4.85. The zero-order valence-electron chi connectivity index (χ0n) is 13.3. The Morgan fingerprint density at radius 1 is 1.71 bits per heavy atom. The summed E-state index contributed by atoms with van der Waals surface area (Å²) >= 11 is 2.82. The summed E-state index contributed by atoms with van der Waals surface area (Å²) in [5, 5.41) is 9.39. The van der Waals surface area contributed by atoms with Crippen molar-refractivity contribution in [1.82, 2.24) is 4.90 Å². The van der Waals surface area contributed by atoms with Gasteiger partial charge in [0.05, 0.1) is 4.24 Å². The molecule has 3 rings (SSSR count). The molecule has 0 aliphatic carbocycles. The van der Waals surface area contributed by atoms with Gasteiger partial charge in [-0.05, 0) is 20.3 Å². The first-order chi connectivity index (χ1) is 11.3. The molecule has 0 aromatic carbocycles. The molecule has 3 heterocycles. The topological polar surface area (TPSA) is 89.9 Å². The Morgan fingerprint density at radius 2 is 2.42 bits per heavy atom. The number of carboxylic acids is 1. The molecule has 0 bridgehead atoms. The largest absolute Gasteiger partial charge is 0.861 e. The number of amides is 1. The molecular weight excluding hydrogens is 366 g/mol. The van der Waals surface area contributed by atoms with E-state index in [4.69, 9.17) is 11.2 Å². The van der Waals surface area contributed by atoms with Crippen LogP contribution in [0.2, 0.25) is 12.1 Å². The fraction of sp³-hybridized carbons (Fsp3) is 0.600. The number of ether oxygens (including phenoxy) is 1. The van der Waals surface area contributed by atoms with E-state index in [-0.39, 0.29) is 22.2 Å². The van der Waals surface area contributed by atoms with E-state index in [0.717, 1.165) is 12.5 Å². The molecule has 6 nitrogen and oxygen atoms in total. The van der Waals surface area contributed by atoms with Gasteiger partial charge in [0.1, 0.15) is 23.0 Å². The van der Waals surface area contributed by atoms with Gasteiger partial charge in [0.2, 0.25) is 5.91 Å². The Hall–Kier alpha value is -1.08. The lowest BCUT2D eigenvalue weighted by molar-refractivity contribution is -0.193. The maximum atomic E-state index is 12.6. The minimum atomic E-state index is -1.52. The number of rotatable bonds is 5. The van der Waals surface area contributed by atoms with E-state index in [1.807, 2.05) is 0 Å². The van der Waals surface area contributed by atoms with Crippen molar-refractivity contribution in [2.24, 2.45) is 5.41 Å². The molecule has 1 radical (unpaired) electrons. The highest BCUT2D eigenvalue weighted by Crippen LogP contribution is 2.60. The second-order valence-corrected chi connectivity index (χ2v) is 10.9. The molecule has 24 heavy (non-hydrogen) atoms. The number of fused-ring (bicyclic) bond motifs is 1. The molecule has 0 aromatic heterocycles. The molecular formula is C15H17NO5S2Si-. The number of β-lactam (4-membered cyclic amide) rings is 1. The quantitative estimate of drug-likeness (QED) is 0.430. The van der Waals surface area contributed by atoms with Gasteiger partial charge in [-0.1, -0.05) is 39.3 Å². The van der Waals surface area contributed by atoms with Crippen LogP contribution in [0.5, 0.6) is 0 Å². The van der Waals surface area contributed by atoms with Crippen LogP contribution in [0.3, 0.4) is 0 Å². The smallest absolute Gasteiger partial charge is 0.354 e. The van der Waals surface area contributed by atoms with Gasteiger partial charge in [-0.25, -0.2) is 4.79 Å². The Balaban J connectivity index is 1.83. The minimum absolute atomic E-state index is 0.0388. The van der Waals surface area contributed by atoms with Crippen LogP contribution in [0, 0.1) is 17.9 Å². The van der Waals surface area contributed by atoms with Gasteiger partial charge in [-0.15, -0.1) is 11.8 Å². The first-order valence-corrected chi connectivity index (χ1v) is 11.2. The van der Waals surface area contributed by atoms with Gasteiger partial charge >= 0.3 is 5.97 Å². The molecule has 129 valence electrons. The molecule has 2 saturated heterocycles. The normalized spacial score (nSPS) is 33.9. The van der Waals surface area contributed by atoms with Crippen LogP contribution in [0.1, 0.15) is 20.3 Å². The van der Waals surface area contributed by atoms with E-state index in [1.165, 1.54) is 28.4 Å². The van der Waals surface area contributed by atoms with Crippen molar-refractivity contribution in [2.45, 2.75) is 49.1 Å². The predicted molar refractivity (Wildman–Crippen MR) is 91.7 cm³/mol. The molecule has 4 atom stereocenters. The third kappa shape index (κ3) is 2.56. The van der Waals surface area contributed by atoms with E-state index in [2.05, 4.69) is 6.11 Å². The first-order valence-electron chi connectivity index (χ1n) is 7.58. The Bertz CT molecular complexity index is 663. The molecule has 0 aromatic rings. The monoisotopic (exact) mass is 383 g/mol. The van der Waals surface area contributed by atoms with E-state index in [9.17, 15) is 19.5 Å². The predicted octanol–water partition coefficient (Wildman–Crippen LogP) is 1.01. The number of nitrogens with zero attached hydrogens (tertiary/aromatic N) is 1. The lowest BCUT2D eigenvalue weighted by Gasteiger charge is -2.52. The van der Waals surface area contributed by atoms with Crippen molar-refractivity contribution in [2.75, 3.05) is 0 Å². The Morgan fingerprint density at radius 3 is 2.96 bits per heavy atom. The van der Waals surface area contributed by atoms with Crippen LogP contribution in [0.25, 0.3) is 0 Å². The molecule has 9 heteroatoms. The van der Waals surface area contributed by atoms with Crippen molar-refractivity contribution in [3.63, 3.8) is 0 Å². The number of carbonyl (C=O) groups is 2. The molecule has 0 saturated carbocycles. The van der Waals surface area contributed by atoms with Crippen molar-refractivity contribution >= 4 is 44.4 Å². The van der Waals surface area contributed by atoms with Crippen molar-refractivity contribution in [3.8, 4) is 12.5 Å². The summed E-state index contributed by atoms with van der Waals surface area (Å²) in [4.78, 5) is 37.3. The average Bonchev–Trinajstić information content (AvgIpc) is 3.09. The van der Waals surface area contributed by atoms with Gasteiger partial charge in [0.25, 0.3) is 0 Å². The van der Waals surface area contributed by atoms with Gasteiger partial charge in [-0.2, -0.15) is 0 Å². The number of thioether (sulfide) groups is 2. The van der Waals surface area contributed by atoms with Gasteiger partial charge < -0.3 is 14.6 Å². The first kappa shape index (κ1) is 17.7. The Labute approximate surface area is 150 Å². The number of hydrogen-bond acceptors (Lipinski definition) is 6. The SMILES string of the molecule is C#CO[C@H](C)[C@@]1(C)C(=O)N2C(C(=O)O)=C(S[C@H]3CC[Si]([O-])C3)S[C@@H]21. The van der Waals surface area contributed by atoms with E-state index < -0.39 is 26.5 Å². The molecule has 1 N–H and O–H groups in total. The molecule has 2 fully saturated rings. The zero-order chi connectivity index (χ0) is 17.6. The molecule has 1 amide bonds. The van der Waals surface area contributed by atoms with Gasteiger partial charge in [0.15, 0.2) is 5.70 Å². The maximum Gasteiger partial charge on any atom is 0.354 e. The second kappa shape index (κ2) is 6.33. The van der Waals surface area contributed by atoms with Crippen LogP contribution >= 0.6 is 23.5 Å². The lowest BCUT2D eigenvalue weighted by Crippen LogP contribution is -2.68. The molecule has 0 spiro atoms. The summed E-state index contributed by atoms with van der Waals surface area (Å²) in [5.41, 5.74) is -0.819. The van der Waals surface area contributed by atoms with Crippen molar-refractivity contribution in [1.29, 1.82) is 0 Å². The highest BCUT2D eigenvalue weighted by atomic mass is 32.2. The van der Waals surface area contributed by atoms with Gasteiger partial charge in [0, 0.05) is 5.25 Å². The summed E-state index contributed by atoms with van der Waals surface area (Å²) in [6.07, 6.45) is 7.59. The number of hydrogen-bond donors (Lipinski definition) is 1. The number of terminal acetylenes is 1. The number of carboxylic acid groups (broad SMARTS) is 1. The number of carbonyl (C=O) groups excluding carboxylic acids is 1. The zero-order valence-corrected chi connectivity index (χ0v) is 15.9. The van der Waals surface area contributed by atoms with Crippen molar-refractivity contribution < 1.29 is 24.2 Å². The summed E-state index contributed by atoms with van der Waals surface area (Å²) in [6.45, 7) is 3.48. The van der Waals surface area contributed by atoms with E-state index >= 15 is 0 Å². The van der Waals surface area contributed by atoms with Crippen LogP contribution in [-0.2, 0) is 14.3 Å². The third-order valence-corrected chi connectivity index (χ3v) is 9.99. The summed E-state index contributed by atoms with van der Waals surface area (Å²) in [5.74, 6) is -1.39. The second-order valence-electron chi connectivity index (χ2n) is 6.27.